The van der Waals surface area contributed by atoms with Gasteiger partial charge in [-0.3, -0.25) is 4.79 Å². The van der Waals surface area contributed by atoms with Crippen LogP contribution in [0.1, 0.15) is 106 Å². The van der Waals surface area contributed by atoms with Gasteiger partial charge in [-0.15, -0.1) is 0 Å². The molecule has 3 aromatic rings. The lowest BCUT2D eigenvalue weighted by Gasteiger charge is -2.14. The van der Waals surface area contributed by atoms with Gasteiger partial charge in [-0.25, -0.2) is 8.96 Å². The van der Waals surface area contributed by atoms with Crippen molar-refractivity contribution in [2.45, 2.75) is 111 Å². The average Bonchev–Trinajstić information content (AvgIpc) is 2.93. The van der Waals surface area contributed by atoms with Gasteiger partial charge in [0.2, 0.25) is 5.91 Å². The lowest BCUT2D eigenvalue weighted by atomic mass is 10.1. The van der Waals surface area contributed by atoms with Crippen LogP contribution >= 0.6 is 0 Å². The fourth-order valence-corrected chi connectivity index (χ4v) is 5.40. The van der Waals surface area contributed by atoms with Gasteiger partial charge in [-0.1, -0.05) is 108 Å². The van der Waals surface area contributed by atoms with Crippen molar-refractivity contribution in [1.29, 1.82) is 0 Å². The first-order valence-electron chi connectivity index (χ1n) is 15.7. The SMILES string of the molecule is CCCCCCCCCCCCCCOc1c(F)cccc1CC(=O)Nc1ccccc1C[n+]1cc(C)cc(C)c1. The van der Waals surface area contributed by atoms with E-state index in [1.807, 2.05) is 24.3 Å². The summed E-state index contributed by atoms with van der Waals surface area (Å²) in [5.74, 6) is -0.408. The molecule has 1 aromatic heterocycles. The Hall–Kier alpha value is -3.21. The summed E-state index contributed by atoms with van der Waals surface area (Å²) in [5.41, 5.74) is 4.72. The van der Waals surface area contributed by atoms with E-state index in [2.05, 4.69) is 49.1 Å². The minimum Gasteiger partial charge on any atom is -0.490 e. The van der Waals surface area contributed by atoms with Gasteiger partial charge in [0.05, 0.1) is 18.7 Å². The van der Waals surface area contributed by atoms with Gasteiger partial charge in [-0.05, 0) is 38.5 Å². The highest BCUT2D eigenvalue weighted by Crippen LogP contribution is 2.25. The fourth-order valence-electron chi connectivity index (χ4n) is 5.40. The maximum atomic E-state index is 14.7. The van der Waals surface area contributed by atoms with Crippen molar-refractivity contribution in [3.8, 4) is 5.75 Å². The molecule has 0 aliphatic carbocycles. The number of amides is 1. The third-order valence-electron chi connectivity index (χ3n) is 7.48. The molecule has 41 heavy (non-hydrogen) atoms. The van der Waals surface area contributed by atoms with Crippen LogP contribution in [0.4, 0.5) is 10.1 Å². The molecule has 1 amide bonds. The zero-order valence-corrected chi connectivity index (χ0v) is 25.5. The van der Waals surface area contributed by atoms with E-state index in [4.69, 9.17) is 4.74 Å². The number of pyridine rings is 1. The number of rotatable bonds is 19. The summed E-state index contributed by atoms with van der Waals surface area (Å²) in [6.45, 7) is 7.52. The van der Waals surface area contributed by atoms with Crippen LogP contribution in [0.15, 0.2) is 60.9 Å². The summed E-state index contributed by atoms with van der Waals surface area (Å²) >= 11 is 0. The second-order valence-electron chi connectivity index (χ2n) is 11.4. The first kappa shape index (κ1) is 32.3. The molecule has 0 radical (unpaired) electrons. The number of anilines is 1. The van der Waals surface area contributed by atoms with E-state index in [0.717, 1.165) is 24.1 Å². The molecule has 0 aliphatic heterocycles. The predicted octanol–water partition coefficient (Wildman–Crippen LogP) is 9.04. The Labute approximate surface area is 247 Å². The molecule has 0 aliphatic rings. The molecule has 3 rings (SSSR count). The first-order valence-corrected chi connectivity index (χ1v) is 15.7. The Morgan fingerprint density at radius 3 is 2.02 bits per heavy atom. The minimum atomic E-state index is -0.416. The van der Waals surface area contributed by atoms with Gasteiger partial charge in [0.15, 0.2) is 30.5 Å². The van der Waals surface area contributed by atoms with E-state index in [-0.39, 0.29) is 18.1 Å². The largest absolute Gasteiger partial charge is 0.490 e. The number of aromatic nitrogens is 1. The molecule has 2 aromatic carbocycles. The maximum absolute atomic E-state index is 14.7. The fraction of sp³-hybridized carbons (Fsp3) is 0.500. The summed E-state index contributed by atoms with van der Waals surface area (Å²) < 4.78 is 22.7. The molecule has 1 N–H and O–H groups in total. The van der Waals surface area contributed by atoms with Crippen molar-refractivity contribution in [3.05, 3.63) is 89.0 Å². The summed E-state index contributed by atoms with van der Waals surface area (Å²) in [5, 5.41) is 3.04. The number of hydrogen-bond donors (Lipinski definition) is 1. The number of aryl methyl sites for hydroxylation is 2. The molecule has 0 saturated carbocycles. The van der Waals surface area contributed by atoms with Crippen LogP contribution < -0.4 is 14.6 Å². The molecule has 222 valence electrons. The second-order valence-corrected chi connectivity index (χ2v) is 11.4. The van der Waals surface area contributed by atoms with Crippen LogP contribution in [0, 0.1) is 19.7 Å². The standard InChI is InChI=1S/C36H49FN2O2/c1-4-5-6-7-8-9-10-11-12-13-14-17-23-41-36-31(20-18-21-33(36)37)25-35(40)38-34-22-16-15-19-32(34)28-39-26-29(2)24-30(3)27-39/h15-16,18-22,24,26-27H,4-14,17,23,25,28H2,1-3H3/p+1. The van der Waals surface area contributed by atoms with Crippen LogP contribution in [-0.4, -0.2) is 12.5 Å². The monoisotopic (exact) mass is 561 g/mol. The van der Waals surface area contributed by atoms with Crippen molar-refractivity contribution < 1.29 is 18.5 Å². The molecule has 1 heterocycles. The van der Waals surface area contributed by atoms with E-state index in [1.165, 1.54) is 81.4 Å². The van der Waals surface area contributed by atoms with E-state index in [0.29, 0.717) is 18.7 Å². The van der Waals surface area contributed by atoms with Crippen LogP contribution in [0.3, 0.4) is 0 Å². The van der Waals surface area contributed by atoms with Gasteiger partial charge >= 0.3 is 0 Å². The lowest BCUT2D eigenvalue weighted by molar-refractivity contribution is -0.688. The van der Waals surface area contributed by atoms with Gasteiger partial charge < -0.3 is 10.1 Å². The number of hydrogen-bond acceptors (Lipinski definition) is 2. The Bertz CT molecular complexity index is 1190. The van der Waals surface area contributed by atoms with Crippen molar-refractivity contribution in [1.82, 2.24) is 0 Å². The third kappa shape index (κ3) is 12.0. The number of para-hydroxylation sites is 2. The number of halogens is 1. The molecule has 0 bridgehead atoms. The van der Waals surface area contributed by atoms with Crippen LogP contribution in [0.25, 0.3) is 0 Å². The van der Waals surface area contributed by atoms with Gasteiger partial charge in [-0.2, -0.15) is 0 Å². The van der Waals surface area contributed by atoms with Gasteiger partial charge in [0.25, 0.3) is 0 Å². The smallest absolute Gasteiger partial charge is 0.228 e. The second kappa shape index (κ2) is 18.3. The number of nitrogens with one attached hydrogen (secondary N) is 1. The number of ether oxygens (including phenoxy) is 1. The predicted molar refractivity (Wildman–Crippen MR) is 167 cm³/mol. The van der Waals surface area contributed by atoms with E-state index >= 15 is 0 Å². The molecule has 5 heteroatoms. The number of benzene rings is 2. The van der Waals surface area contributed by atoms with Crippen LogP contribution in [-0.2, 0) is 17.8 Å². The number of carbonyl (C=O) groups is 1. The quantitative estimate of drug-likeness (QED) is 0.117. The van der Waals surface area contributed by atoms with Crippen molar-refractivity contribution >= 4 is 11.6 Å². The summed E-state index contributed by atoms with van der Waals surface area (Å²) in [7, 11) is 0. The molecular weight excluding hydrogens is 511 g/mol. The van der Waals surface area contributed by atoms with E-state index in [9.17, 15) is 9.18 Å². The minimum absolute atomic E-state index is 0.0522. The summed E-state index contributed by atoms with van der Waals surface area (Å²) in [6.07, 6.45) is 19.4. The molecule has 0 spiro atoms. The first-order chi connectivity index (χ1) is 20.0. The topological polar surface area (TPSA) is 42.2 Å². The number of carbonyl (C=O) groups excluding carboxylic acids is 1. The summed E-state index contributed by atoms with van der Waals surface area (Å²) in [6, 6.07) is 14.8. The Balaban J connectivity index is 1.43. The Kier molecular flexibility index (Phi) is 14.4. The number of nitrogens with zero attached hydrogens (tertiary/aromatic N) is 1. The Morgan fingerprint density at radius 1 is 0.780 bits per heavy atom. The zero-order chi connectivity index (χ0) is 29.3. The highest BCUT2D eigenvalue weighted by Gasteiger charge is 2.16. The molecule has 4 nitrogen and oxygen atoms in total. The third-order valence-corrected chi connectivity index (χ3v) is 7.48. The van der Waals surface area contributed by atoms with Gasteiger partial charge in [0.1, 0.15) is 0 Å². The van der Waals surface area contributed by atoms with E-state index in [1.54, 1.807) is 12.1 Å². The van der Waals surface area contributed by atoms with Crippen LogP contribution in [0.5, 0.6) is 5.75 Å². The highest BCUT2D eigenvalue weighted by atomic mass is 19.1. The average molecular weight is 562 g/mol. The zero-order valence-electron chi connectivity index (χ0n) is 25.5. The van der Waals surface area contributed by atoms with Gasteiger partial charge in [0, 0.05) is 22.3 Å². The number of unbranched alkanes of at least 4 members (excludes halogenated alkanes) is 11. The maximum Gasteiger partial charge on any atom is 0.228 e. The molecule has 0 atom stereocenters. The Morgan fingerprint density at radius 2 is 1.37 bits per heavy atom. The molecule has 0 fully saturated rings. The normalized spacial score (nSPS) is 11.0. The molecule has 0 unspecified atom stereocenters. The highest BCUT2D eigenvalue weighted by molar-refractivity contribution is 5.93. The molecular formula is C36H50FN2O2+. The van der Waals surface area contributed by atoms with Crippen molar-refractivity contribution in [3.63, 3.8) is 0 Å². The van der Waals surface area contributed by atoms with Crippen molar-refractivity contribution in [2.24, 2.45) is 0 Å². The lowest BCUT2D eigenvalue weighted by Crippen LogP contribution is -2.34. The van der Waals surface area contributed by atoms with E-state index < -0.39 is 5.82 Å². The summed E-state index contributed by atoms with van der Waals surface area (Å²) in [4.78, 5) is 13.1. The van der Waals surface area contributed by atoms with Crippen molar-refractivity contribution in [2.75, 3.05) is 11.9 Å². The van der Waals surface area contributed by atoms with Crippen LogP contribution in [0.2, 0.25) is 0 Å². The molecule has 0 saturated heterocycles.